The minimum absolute atomic E-state index is 0.0786. The maximum absolute atomic E-state index is 12.3. The van der Waals surface area contributed by atoms with Gasteiger partial charge in [0.05, 0.1) is 17.7 Å². The Hall–Kier alpha value is -3.13. The van der Waals surface area contributed by atoms with Gasteiger partial charge >= 0.3 is 11.9 Å². The Bertz CT molecular complexity index is 962. The predicted octanol–water partition coefficient (Wildman–Crippen LogP) is 3.44. The lowest BCUT2D eigenvalue weighted by Gasteiger charge is -2.16. The predicted molar refractivity (Wildman–Crippen MR) is 109 cm³/mol. The molecule has 1 aromatic heterocycles. The number of nitrogens with one attached hydrogen (secondary N) is 1. The van der Waals surface area contributed by atoms with Crippen molar-refractivity contribution in [3.8, 4) is 5.75 Å². The number of anilines is 1. The lowest BCUT2D eigenvalue weighted by molar-refractivity contribution is -0.143. The molecule has 3 rings (SSSR count). The van der Waals surface area contributed by atoms with E-state index in [0.29, 0.717) is 21.9 Å². The Kier molecular flexibility index (Phi) is 6.66. The summed E-state index contributed by atoms with van der Waals surface area (Å²) in [5, 5.41) is 3.01. The zero-order chi connectivity index (χ0) is 20.8. The summed E-state index contributed by atoms with van der Waals surface area (Å²) in [5.41, 5.74) is 1.40. The van der Waals surface area contributed by atoms with E-state index in [9.17, 15) is 14.4 Å². The van der Waals surface area contributed by atoms with Crippen molar-refractivity contribution in [1.29, 1.82) is 0 Å². The Morgan fingerprint density at radius 3 is 2.69 bits per heavy atom. The Labute approximate surface area is 172 Å². The maximum atomic E-state index is 12.3. The lowest BCUT2D eigenvalue weighted by Crippen LogP contribution is -2.24. The molecule has 0 bridgehead atoms. The van der Waals surface area contributed by atoms with E-state index in [-0.39, 0.29) is 13.2 Å². The number of rotatable bonds is 7. The maximum Gasteiger partial charge on any atom is 0.341 e. The second-order valence-electron chi connectivity index (χ2n) is 6.15. The van der Waals surface area contributed by atoms with Gasteiger partial charge in [0, 0.05) is 10.4 Å². The van der Waals surface area contributed by atoms with Gasteiger partial charge in [-0.3, -0.25) is 4.79 Å². The molecule has 29 heavy (non-hydrogen) atoms. The average molecular weight is 415 g/mol. The summed E-state index contributed by atoms with van der Waals surface area (Å²) in [5.74, 6) is -0.969. The molecular formula is C21H21NO6S. The molecule has 1 amide bonds. The van der Waals surface area contributed by atoms with Gasteiger partial charge in [0.15, 0.2) is 6.61 Å². The van der Waals surface area contributed by atoms with Crippen molar-refractivity contribution in [2.75, 3.05) is 25.1 Å². The molecule has 2 aromatic rings. The van der Waals surface area contributed by atoms with E-state index in [0.717, 1.165) is 16.9 Å². The van der Waals surface area contributed by atoms with Crippen molar-refractivity contribution in [3.05, 3.63) is 51.9 Å². The Balaban J connectivity index is 1.61. The molecule has 1 aromatic carbocycles. The number of hydrogen-bond acceptors (Lipinski definition) is 7. The number of thiophene rings is 1. The highest BCUT2D eigenvalue weighted by Gasteiger charge is 2.21. The molecule has 0 saturated carbocycles. The molecule has 8 heteroatoms. The van der Waals surface area contributed by atoms with Gasteiger partial charge < -0.3 is 19.5 Å². The van der Waals surface area contributed by atoms with Crippen molar-refractivity contribution in [1.82, 2.24) is 0 Å². The highest BCUT2D eigenvalue weighted by molar-refractivity contribution is 7.16. The molecule has 0 saturated heterocycles. The van der Waals surface area contributed by atoms with Gasteiger partial charge in [-0.1, -0.05) is 25.1 Å². The van der Waals surface area contributed by atoms with Crippen LogP contribution in [-0.2, 0) is 25.5 Å². The molecule has 1 aliphatic rings. The number of esters is 2. The first-order valence-corrected chi connectivity index (χ1v) is 10.0. The fraction of sp³-hybridized carbons (Fsp3) is 0.286. The molecule has 0 unspecified atom stereocenters. The van der Waals surface area contributed by atoms with Gasteiger partial charge in [-0.2, -0.15) is 0 Å². The van der Waals surface area contributed by atoms with Crippen LogP contribution in [0.5, 0.6) is 5.75 Å². The summed E-state index contributed by atoms with van der Waals surface area (Å²) in [7, 11) is 0. The van der Waals surface area contributed by atoms with E-state index in [1.54, 1.807) is 19.1 Å². The van der Waals surface area contributed by atoms with Crippen LogP contribution in [0, 0.1) is 0 Å². The minimum atomic E-state index is -0.624. The number of para-hydroxylation sites is 1. The molecule has 7 nitrogen and oxygen atoms in total. The van der Waals surface area contributed by atoms with E-state index < -0.39 is 24.5 Å². The normalized spacial score (nSPS) is 12.3. The van der Waals surface area contributed by atoms with Crippen LogP contribution < -0.4 is 10.1 Å². The molecule has 2 heterocycles. The van der Waals surface area contributed by atoms with Crippen molar-refractivity contribution in [2.45, 2.75) is 20.3 Å². The molecule has 0 radical (unpaired) electrons. The molecule has 1 aliphatic heterocycles. The standard InChI is InChI=1S/C21H21NO6S/c1-3-15-10-16(21(25)26-4-2)19(29-15)22-18(23)12-28-20(24)14-9-13-7-5-6-8-17(13)27-11-14/h5-10H,3-4,11-12H2,1-2H3,(H,22,23). The summed E-state index contributed by atoms with van der Waals surface area (Å²) in [6.07, 6.45) is 2.41. The second kappa shape index (κ2) is 9.38. The topological polar surface area (TPSA) is 90.9 Å². The van der Waals surface area contributed by atoms with Crippen molar-refractivity contribution in [3.63, 3.8) is 0 Å². The van der Waals surface area contributed by atoms with Crippen LogP contribution >= 0.6 is 11.3 Å². The van der Waals surface area contributed by atoms with Gasteiger partial charge in [-0.15, -0.1) is 11.3 Å². The van der Waals surface area contributed by atoms with Crippen molar-refractivity contribution in [2.24, 2.45) is 0 Å². The molecule has 0 aliphatic carbocycles. The van der Waals surface area contributed by atoms with Gasteiger partial charge in [0.25, 0.3) is 5.91 Å². The molecule has 1 N–H and O–H groups in total. The SMILES string of the molecule is CCOC(=O)c1cc(CC)sc1NC(=O)COC(=O)C1=Cc2ccccc2OC1. The third-order valence-electron chi connectivity index (χ3n) is 4.11. The summed E-state index contributed by atoms with van der Waals surface area (Å²) in [6.45, 7) is 3.51. The van der Waals surface area contributed by atoms with Gasteiger partial charge in [0.1, 0.15) is 17.4 Å². The summed E-state index contributed by atoms with van der Waals surface area (Å²) in [4.78, 5) is 37.5. The fourth-order valence-electron chi connectivity index (χ4n) is 2.69. The second-order valence-corrected chi connectivity index (χ2v) is 7.29. The number of ether oxygens (including phenoxy) is 3. The summed E-state index contributed by atoms with van der Waals surface area (Å²) >= 11 is 1.29. The van der Waals surface area contributed by atoms with E-state index >= 15 is 0 Å². The molecule has 0 atom stereocenters. The Morgan fingerprint density at radius 1 is 1.14 bits per heavy atom. The van der Waals surface area contributed by atoms with Crippen LogP contribution in [0.2, 0.25) is 0 Å². The van der Waals surface area contributed by atoms with Gasteiger partial charge in [-0.25, -0.2) is 9.59 Å². The zero-order valence-corrected chi connectivity index (χ0v) is 17.0. The quantitative estimate of drug-likeness (QED) is 0.697. The van der Waals surface area contributed by atoms with E-state index in [1.165, 1.54) is 11.3 Å². The zero-order valence-electron chi connectivity index (χ0n) is 16.2. The van der Waals surface area contributed by atoms with Crippen molar-refractivity contribution < 1.29 is 28.6 Å². The van der Waals surface area contributed by atoms with Crippen LogP contribution in [0.1, 0.15) is 34.6 Å². The van der Waals surface area contributed by atoms with Crippen LogP contribution in [0.3, 0.4) is 0 Å². The number of benzene rings is 1. The number of fused-ring (bicyclic) bond motifs is 1. The van der Waals surface area contributed by atoms with E-state index in [2.05, 4.69) is 5.32 Å². The summed E-state index contributed by atoms with van der Waals surface area (Å²) in [6, 6.07) is 9.03. The van der Waals surface area contributed by atoms with Crippen LogP contribution in [-0.4, -0.2) is 37.7 Å². The monoisotopic (exact) mass is 415 g/mol. The van der Waals surface area contributed by atoms with E-state index in [1.807, 2.05) is 31.2 Å². The minimum Gasteiger partial charge on any atom is -0.488 e. The number of hydrogen-bond donors (Lipinski definition) is 1. The first-order valence-electron chi connectivity index (χ1n) is 9.21. The highest BCUT2D eigenvalue weighted by Crippen LogP contribution is 2.29. The number of carbonyl (C=O) groups is 3. The fourth-order valence-corrected chi connectivity index (χ4v) is 3.69. The Morgan fingerprint density at radius 2 is 1.93 bits per heavy atom. The largest absolute Gasteiger partial charge is 0.488 e. The molecule has 0 fully saturated rings. The molecule has 0 spiro atoms. The van der Waals surface area contributed by atoms with Crippen LogP contribution in [0.4, 0.5) is 5.00 Å². The van der Waals surface area contributed by atoms with E-state index in [4.69, 9.17) is 14.2 Å². The highest BCUT2D eigenvalue weighted by atomic mass is 32.1. The third-order valence-corrected chi connectivity index (χ3v) is 5.30. The number of carbonyl (C=O) groups excluding carboxylic acids is 3. The average Bonchev–Trinajstić information content (AvgIpc) is 3.14. The molecule has 152 valence electrons. The van der Waals surface area contributed by atoms with Gasteiger partial charge in [-0.05, 0) is 31.6 Å². The first kappa shape index (κ1) is 20.6. The summed E-state index contributed by atoms with van der Waals surface area (Å²) < 4.78 is 15.6. The smallest absolute Gasteiger partial charge is 0.341 e. The van der Waals surface area contributed by atoms with Gasteiger partial charge in [0.2, 0.25) is 0 Å². The van der Waals surface area contributed by atoms with Crippen LogP contribution in [0.15, 0.2) is 35.9 Å². The van der Waals surface area contributed by atoms with Crippen LogP contribution in [0.25, 0.3) is 6.08 Å². The number of amides is 1. The number of aryl methyl sites for hydroxylation is 1. The third kappa shape index (κ3) is 5.03. The molecular weight excluding hydrogens is 394 g/mol. The van der Waals surface area contributed by atoms with Crippen molar-refractivity contribution >= 4 is 40.3 Å². The lowest BCUT2D eigenvalue weighted by atomic mass is 10.1. The first-order chi connectivity index (χ1) is 14.0.